The molecule has 160 valence electrons. The Bertz CT molecular complexity index is 1160. The quantitative estimate of drug-likeness (QED) is 0.287. The summed E-state index contributed by atoms with van der Waals surface area (Å²) in [6, 6.07) is 11.7. The van der Waals surface area contributed by atoms with Crippen molar-refractivity contribution in [1.29, 1.82) is 0 Å². The highest BCUT2D eigenvalue weighted by Crippen LogP contribution is 2.38. The molecule has 0 spiro atoms. The second-order valence-electron chi connectivity index (χ2n) is 7.55. The fourth-order valence-electron chi connectivity index (χ4n) is 4.00. The number of hydrogen-bond donors (Lipinski definition) is 3. The van der Waals surface area contributed by atoms with E-state index in [9.17, 15) is 9.90 Å². The Hall–Kier alpha value is -2.97. The molecule has 1 aromatic carbocycles. The lowest BCUT2D eigenvalue weighted by atomic mass is 9.95. The average Bonchev–Trinajstić information content (AvgIpc) is 3.25. The Kier molecular flexibility index (Phi) is 6.20. The van der Waals surface area contributed by atoms with E-state index in [1.165, 1.54) is 4.88 Å². The number of nitrogens with zero attached hydrogens (tertiary/aromatic N) is 2. The van der Waals surface area contributed by atoms with E-state index in [1.54, 1.807) is 17.6 Å². The molecule has 0 bridgehead atoms. The topological polar surface area (TPSA) is 78.7 Å². The number of carboxylic acid groups (broad SMARTS) is 1. The number of hydrogen-bond acceptors (Lipinski definition) is 4. The zero-order chi connectivity index (χ0) is 22.0. The van der Waals surface area contributed by atoms with Crippen molar-refractivity contribution < 1.29 is 9.90 Å². The number of rotatable bonds is 5. The highest BCUT2D eigenvalue weighted by atomic mass is 32.1. The summed E-state index contributed by atoms with van der Waals surface area (Å²) in [5, 5.41) is 18.4. The van der Waals surface area contributed by atoms with E-state index in [4.69, 9.17) is 12.2 Å². The van der Waals surface area contributed by atoms with Gasteiger partial charge in [-0.3, -0.25) is 5.43 Å². The number of aromatic carboxylic acids is 1. The number of benzene rings is 1. The molecule has 4 rings (SSSR count). The minimum atomic E-state index is -0.851. The van der Waals surface area contributed by atoms with Crippen LogP contribution in [0.5, 0.6) is 0 Å². The van der Waals surface area contributed by atoms with Crippen LogP contribution in [0.4, 0.5) is 5.69 Å². The number of thiophene rings is 1. The molecule has 6 nitrogen and oxygen atoms in total. The van der Waals surface area contributed by atoms with Gasteiger partial charge in [0.05, 0.1) is 11.8 Å². The van der Waals surface area contributed by atoms with Gasteiger partial charge < -0.3 is 15.0 Å². The smallest absolute Gasteiger partial charge is 0.339 e. The number of carbonyl (C=O) groups is 1. The SMILES string of the molecule is Cc1cc(C=NNC(=S)Nc2ccccc2)c(C)n1-c1sc2c(c1C(=O)O)CCCC2. The second kappa shape index (κ2) is 9.03. The molecule has 0 saturated carbocycles. The van der Waals surface area contributed by atoms with E-state index in [0.29, 0.717) is 10.7 Å². The van der Waals surface area contributed by atoms with Crippen molar-refractivity contribution in [3.05, 3.63) is 69.4 Å². The third-order valence-electron chi connectivity index (χ3n) is 5.44. The van der Waals surface area contributed by atoms with Crippen molar-refractivity contribution in [2.45, 2.75) is 39.5 Å². The molecule has 2 heterocycles. The monoisotopic (exact) mass is 452 g/mol. The van der Waals surface area contributed by atoms with E-state index in [0.717, 1.165) is 58.9 Å². The summed E-state index contributed by atoms with van der Waals surface area (Å²) in [4.78, 5) is 13.3. The molecule has 3 N–H and O–H groups in total. The third kappa shape index (κ3) is 4.40. The molecular formula is C23H24N4O2S2. The number of anilines is 1. The Morgan fingerprint density at radius 3 is 2.71 bits per heavy atom. The Morgan fingerprint density at radius 2 is 1.97 bits per heavy atom. The molecule has 0 atom stereocenters. The van der Waals surface area contributed by atoms with Crippen LogP contribution in [0.1, 0.15) is 50.6 Å². The fraction of sp³-hybridized carbons (Fsp3) is 0.261. The molecule has 2 aromatic heterocycles. The molecule has 0 unspecified atom stereocenters. The van der Waals surface area contributed by atoms with Crippen LogP contribution in [-0.4, -0.2) is 27.0 Å². The minimum absolute atomic E-state index is 0.398. The Morgan fingerprint density at radius 1 is 1.23 bits per heavy atom. The predicted octanol–water partition coefficient (Wildman–Crippen LogP) is 5.05. The van der Waals surface area contributed by atoms with Crippen molar-refractivity contribution in [2.75, 3.05) is 5.32 Å². The number of thiocarbonyl (C=S) groups is 1. The number of carboxylic acids is 1. The number of fused-ring (bicyclic) bond motifs is 1. The highest BCUT2D eigenvalue weighted by Gasteiger charge is 2.27. The molecular weight excluding hydrogens is 428 g/mol. The van der Waals surface area contributed by atoms with Crippen molar-refractivity contribution in [2.24, 2.45) is 5.10 Å². The van der Waals surface area contributed by atoms with Gasteiger partial charge in [-0.1, -0.05) is 18.2 Å². The van der Waals surface area contributed by atoms with Crippen molar-refractivity contribution in [1.82, 2.24) is 9.99 Å². The van der Waals surface area contributed by atoms with Crippen LogP contribution in [0.2, 0.25) is 0 Å². The summed E-state index contributed by atoms with van der Waals surface area (Å²) in [5.41, 5.74) is 8.03. The summed E-state index contributed by atoms with van der Waals surface area (Å²) in [7, 11) is 0. The van der Waals surface area contributed by atoms with Gasteiger partial charge in [-0.25, -0.2) is 4.79 Å². The van der Waals surface area contributed by atoms with Gasteiger partial charge in [-0.2, -0.15) is 5.10 Å². The normalized spacial score (nSPS) is 13.2. The molecule has 0 fully saturated rings. The number of para-hydroxylation sites is 1. The minimum Gasteiger partial charge on any atom is -0.478 e. The van der Waals surface area contributed by atoms with Gasteiger partial charge in [-0.05, 0) is 75.5 Å². The van der Waals surface area contributed by atoms with Crippen LogP contribution in [0.15, 0.2) is 41.5 Å². The van der Waals surface area contributed by atoms with Gasteiger partial charge in [0.2, 0.25) is 0 Å². The molecule has 0 saturated heterocycles. The van der Waals surface area contributed by atoms with Crippen LogP contribution in [0.25, 0.3) is 5.00 Å². The second-order valence-corrected chi connectivity index (χ2v) is 9.04. The predicted molar refractivity (Wildman–Crippen MR) is 130 cm³/mol. The van der Waals surface area contributed by atoms with Crippen LogP contribution in [-0.2, 0) is 12.8 Å². The summed E-state index contributed by atoms with van der Waals surface area (Å²) >= 11 is 6.89. The first-order valence-electron chi connectivity index (χ1n) is 10.2. The van der Waals surface area contributed by atoms with E-state index < -0.39 is 5.97 Å². The highest BCUT2D eigenvalue weighted by molar-refractivity contribution is 7.80. The van der Waals surface area contributed by atoms with Gasteiger partial charge in [0.15, 0.2) is 5.11 Å². The van der Waals surface area contributed by atoms with E-state index in [1.807, 2.05) is 54.8 Å². The summed E-state index contributed by atoms with van der Waals surface area (Å²) in [5.74, 6) is -0.851. The van der Waals surface area contributed by atoms with Gasteiger partial charge in [0, 0.05) is 27.5 Å². The summed E-state index contributed by atoms with van der Waals surface area (Å²) in [6.07, 6.45) is 5.69. The van der Waals surface area contributed by atoms with E-state index in [2.05, 4.69) is 15.8 Å². The molecule has 8 heteroatoms. The van der Waals surface area contributed by atoms with Gasteiger partial charge in [-0.15, -0.1) is 11.3 Å². The molecule has 1 aliphatic carbocycles. The maximum absolute atomic E-state index is 12.1. The molecule has 3 aromatic rings. The zero-order valence-corrected chi connectivity index (χ0v) is 19.1. The molecule has 0 radical (unpaired) electrons. The third-order valence-corrected chi connectivity index (χ3v) is 6.91. The van der Waals surface area contributed by atoms with Crippen LogP contribution in [0, 0.1) is 13.8 Å². The zero-order valence-electron chi connectivity index (χ0n) is 17.4. The van der Waals surface area contributed by atoms with Crippen molar-refractivity contribution >= 4 is 46.5 Å². The largest absolute Gasteiger partial charge is 0.478 e. The van der Waals surface area contributed by atoms with E-state index in [-0.39, 0.29) is 0 Å². The molecule has 31 heavy (non-hydrogen) atoms. The first-order chi connectivity index (χ1) is 15.0. The van der Waals surface area contributed by atoms with E-state index >= 15 is 0 Å². The van der Waals surface area contributed by atoms with Crippen molar-refractivity contribution in [3.63, 3.8) is 0 Å². The summed E-state index contributed by atoms with van der Waals surface area (Å²) < 4.78 is 2.04. The van der Waals surface area contributed by atoms with Crippen LogP contribution < -0.4 is 10.7 Å². The average molecular weight is 453 g/mol. The standard InChI is InChI=1S/C23H24N4O2S2/c1-14-12-16(13-24-26-23(30)25-17-8-4-3-5-9-17)15(2)27(14)21-20(22(28)29)18-10-6-7-11-19(18)31-21/h3-5,8-9,12-13H,6-7,10-11H2,1-2H3,(H,28,29)(H2,25,26,30). The van der Waals surface area contributed by atoms with Gasteiger partial charge >= 0.3 is 5.97 Å². The number of nitrogens with one attached hydrogen (secondary N) is 2. The Labute approximate surface area is 190 Å². The molecule has 0 aliphatic heterocycles. The first kappa shape index (κ1) is 21.3. The van der Waals surface area contributed by atoms with Crippen molar-refractivity contribution in [3.8, 4) is 5.00 Å². The lowest BCUT2D eigenvalue weighted by Crippen LogP contribution is -2.23. The Balaban J connectivity index is 1.57. The van der Waals surface area contributed by atoms with Gasteiger partial charge in [0.25, 0.3) is 0 Å². The maximum atomic E-state index is 12.1. The fourth-order valence-corrected chi connectivity index (χ4v) is 5.66. The lowest BCUT2D eigenvalue weighted by molar-refractivity contribution is 0.0696. The number of hydrazone groups is 1. The lowest BCUT2D eigenvalue weighted by Gasteiger charge is -2.11. The van der Waals surface area contributed by atoms with Crippen LogP contribution in [0.3, 0.4) is 0 Å². The number of aromatic nitrogens is 1. The van der Waals surface area contributed by atoms with Crippen LogP contribution >= 0.6 is 23.6 Å². The molecule has 0 amide bonds. The number of aryl methyl sites for hydroxylation is 2. The summed E-state index contributed by atoms with van der Waals surface area (Å²) in [6.45, 7) is 3.98. The maximum Gasteiger partial charge on any atom is 0.339 e. The first-order valence-corrected chi connectivity index (χ1v) is 11.4. The molecule has 1 aliphatic rings. The van der Waals surface area contributed by atoms with Gasteiger partial charge in [0.1, 0.15) is 5.00 Å².